The standard InChI is InChI=1S/C21H26ClNO4/c1-5-26-17-11-13-9-10-23-20(15(13)12-18(17)27-6-2)14-7-8-16(24-3)21(25-4)19(14)22/h7-8,11-12,20,23H,5-6,9-10H2,1-4H3. The fraction of sp³-hybridized carbons (Fsp3) is 0.429. The average Bonchev–Trinajstić information content (AvgIpc) is 2.68. The van der Waals surface area contributed by atoms with Crippen LogP contribution in [0.15, 0.2) is 24.3 Å². The van der Waals surface area contributed by atoms with Gasteiger partial charge in [0.25, 0.3) is 0 Å². The Kier molecular flexibility index (Phi) is 6.34. The Bertz CT molecular complexity index is 809. The van der Waals surface area contributed by atoms with Gasteiger partial charge in [0.1, 0.15) is 0 Å². The van der Waals surface area contributed by atoms with Gasteiger partial charge in [0.2, 0.25) is 0 Å². The summed E-state index contributed by atoms with van der Waals surface area (Å²) in [5, 5.41) is 4.11. The first-order valence-electron chi connectivity index (χ1n) is 9.20. The molecule has 146 valence electrons. The molecule has 0 radical (unpaired) electrons. The van der Waals surface area contributed by atoms with Gasteiger partial charge in [-0.2, -0.15) is 0 Å². The summed E-state index contributed by atoms with van der Waals surface area (Å²) in [7, 11) is 3.20. The van der Waals surface area contributed by atoms with Crippen molar-refractivity contribution in [3.05, 3.63) is 46.0 Å². The maximum Gasteiger partial charge on any atom is 0.179 e. The third-order valence-corrected chi connectivity index (χ3v) is 5.07. The van der Waals surface area contributed by atoms with Crippen molar-refractivity contribution in [2.75, 3.05) is 34.0 Å². The van der Waals surface area contributed by atoms with Gasteiger partial charge < -0.3 is 24.3 Å². The van der Waals surface area contributed by atoms with Crippen LogP contribution in [0.3, 0.4) is 0 Å². The lowest BCUT2D eigenvalue weighted by atomic mass is 9.89. The van der Waals surface area contributed by atoms with E-state index in [1.165, 1.54) is 5.56 Å². The molecule has 0 spiro atoms. The van der Waals surface area contributed by atoms with Crippen molar-refractivity contribution < 1.29 is 18.9 Å². The molecule has 0 aliphatic carbocycles. The van der Waals surface area contributed by atoms with Gasteiger partial charge in [-0.05, 0) is 55.2 Å². The van der Waals surface area contributed by atoms with Crippen LogP contribution in [0.5, 0.6) is 23.0 Å². The molecule has 2 aromatic carbocycles. The van der Waals surface area contributed by atoms with Crippen molar-refractivity contribution in [1.82, 2.24) is 5.32 Å². The van der Waals surface area contributed by atoms with Crippen molar-refractivity contribution in [3.63, 3.8) is 0 Å². The number of ether oxygens (including phenoxy) is 4. The van der Waals surface area contributed by atoms with Crippen LogP contribution in [0, 0.1) is 0 Å². The van der Waals surface area contributed by atoms with E-state index in [9.17, 15) is 0 Å². The normalized spacial score (nSPS) is 15.8. The van der Waals surface area contributed by atoms with E-state index in [1.54, 1.807) is 14.2 Å². The third kappa shape index (κ3) is 3.80. The lowest BCUT2D eigenvalue weighted by Gasteiger charge is -2.30. The molecule has 0 saturated carbocycles. The summed E-state index contributed by atoms with van der Waals surface area (Å²) < 4.78 is 22.4. The quantitative estimate of drug-likeness (QED) is 0.758. The second kappa shape index (κ2) is 8.72. The maximum absolute atomic E-state index is 6.67. The number of nitrogens with one attached hydrogen (secondary N) is 1. The van der Waals surface area contributed by atoms with Gasteiger partial charge in [0.05, 0.1) is 38.5 Å². The van der Waals surface area contributed by atoms with Crippen LogP contribution < -0.4 is 24.3 Å². The summed E-state index contributed by atoms with van der Waals surface area (Å²) in [5.74, 6) is 2.70. The van der Waals surface area contributed by atoms with Gasteiger partial charge in [0, 0.05) is 6.54 Å². The Morgan fingerprint density at radius 3 is 2.30 bits per heavy atom. The van der Waals surface area contributed by atoms with Crippen LogP contribution >= 0.6 is 11.6 Å². The summed E-state index contributed by atoms with van der Waals surface area (Å²) in [6, 6.07) is 7.96. The van der Waals surface area contributed by atoms with E-state index in [-0.39, 0.29) is 6.04 Å². The molecule has 2 aromatic rings. The zero-order chi connectivity index (χ0) is 19.4. The zero-order valence-electron chi connectivity index (χ0n) is 16.2. The Hall–Kier alpha value is -2.11. The molecule has 1 aliphatic rings. The number of hydrogen-bond donors (Lipinski definition) is 1. The summed E-state index contributed by atoms with van der Waals surface area (Å²) >= 11 is 6.67. The van der Waals surface area contributed by atoms with Crippen LogP contribution in [0.4, 0.5) is 0 Å². The predicted molar refractivity (Wildman–Crippen MR) is 107 cm³/mol. The molecule has 1 aliphatic heterocycles. The number of halogens is 1. The molecule has 0 saturated heterocycles. The Labute approximate surface area is 165 Å². The number of benzene rings is 2. The molecule has 3 rings (SSSR count). The van der Waals surface area contributed by atoms with Crippen molar-refractivity contribution in [2.24, 2.45) is 0 Å². The number of rotatable bonds is 7. The highest BCUT2D eigenvalue weighted by Crippen LogP contribution is 2.44. The highest BCUT2D eigenvalue weighted by molar-refractivity contribution is 6.33. The molecule has 5 nitrogen and oxygen atoms in total. The lowest BCUT2D eigenvalue weighted by Crippen LogP contribution is -2.31. The molecular formula is C21H26ClNO4. The monoisotopic (exact) mass is 391 g/mol. The minimum absolute atomic E-state index is 0.0593. The number of hydrogen-bond acceptors (Lipinski definition) is 5. The van der Waals surface area contributed by atoms with Gasteiger partial charge in [0.15, 0.2) is 23.0 Å². The number of fused-ring (bicyclic) bond motifs is 1. The minimum atomic E-state index is -0.0593. The Morgan fingerprint density at radius 2 is 1.67 bits per heavy atom. The topological polar surface area (TPSA) is 49.0 Å². The average molecular weight is 392 g/mol. The van der Waals surface area contributed by atoms with Crippen molar-refractivity contribution in [2.45, 2.75) is 26.3 Å². The van der Waals surface area contributed by atoms with Gasteiger partial charge in [-0.15, -0.1) is 0 Å². The molecular weight excluding hydrogens is 366 g/mol. The minimum Gasteiger partial charge on any atom is -0.493 e. The maximum atomic E-state index is 6.67. The summed E-state index contributed by atoms with van der Waals surface area (Å²) in [4.78, 5) is 0. The van der Waals surface area contributed by atoms with E-state index in [0.29, 0.717) is 29.7 Å². The zero-order valence-corrected chi connectivity index (χ0v) is 17.0. The Balaban J connectivity index is 2.10. The summed E-state index contributed by atoms with van der Waals surface area (Å²) in [5.41, 5.74) is 3.32. The van der Waals surface area contributed by atoms with Gasteiger partial charge in [-0.3, -0.25) is 0 Å². The van der Waals surface area contributed by atoms with E-state index in [4.69, 9.17) is 30.5 Å². The van der Waals surface area contributed by atoms with E-state index < -0.39 is 0 Å². The van der Waals surface area contributed by atoms with E-state index in [2.05, 4.69) is 17.4 Å². The summed E-state index contributed by atoms with van der Waals surface area (Å²) in [6.45, 7) is 5.97. The fourth-order valence-corrected chi connectivity index (χ4v) is 3.85. The van der Waals surface area contributed by atoms with Crippen LogP contribution in [0.1, 0.15) is 36.6 Å². The molecule has 1 atom stereocenters. The van der Waals surface area contributed by atoms with Gasteiger partial charge in [-0.1, -0.05) is 17.7 Å². The van der Waals surface area contributed by atoms with E-state index in [0.717, 1.165) is 35.6 Å². The molecule has 0 fully saturated rings. The van der Waals surface area contributed by atoms with E-state index in [1.807, 2.05) is 26.0 Å². The predicted octanol–water partition coefficient (Wildman–Crippen LogP) is 4.39. The molecule has 1 N–H and O–H groups in total. The van der Waals surface area contributed by atoms with Crippen molar-refractivity contribution in [3.8, 4) is 23.0 Å². The number of methoxy groups -OCH3 is 2. The molecule has 1 heterocycles. The van der Waals surface area contributed by atoms with Crippen molar-refractivity contribution in [1.29, 1.82) is 0 Å². The first-order chi connectivity index (χ1) is 13.1. The molecule has 6 heteroatoms. The second-order valence-corrected chi connectivity index (χ2v) is 6.58. The first kappa shape index (κ1) is 19.6. The molecule has 0 amide bonds. The Morgan fingerprint density at radius 1 is 0.963 bits per heavy atom. The molecule has 0 bridgehead atoms. The largest absolute Gasteiger partial charge is 0.493 e. The second-order valence-electron chi connectivity index (χ2n) is 6.21. The van der Waals surface area contributed by atoms with Crippen LogP contribution in [-0.2, 0) is 6.42 Å². The molecule has 0 aromatic heterocycles. The van der Waals surface area contributed by atoms with E-state index >= 15 is 0 Å². The van der Waals surface area contributed by atoms with Gasteiger partial charge >= 0.3 is 0 Å². The molecule has 27 heavy (non-hydrogen) atoms. The van der Waals surface area contributed by atoms with Gasteiger partial charge in [-0.25, -0.2) is 0 Å². The van der Waals surface area contributed by atoms with Crippen LogP contribution in [-0.4, -0.2) is 34.0 Å². The van der Waals surface area contributed by atoms with Crippen LogP contribution in [0.25, 0.3) is 0 Å². The highest BCUT2D eigenvalue weighted by Gasteiger charge is 2.27. The lowest BCUT2D eigenvalue weighted by molar-refractivity contribution is 0.286. The smallest absolute Gasteiger partial charge is 0.179 e. The molecule has 1 unspecified atom stereocenters. The first-order valence-corrected chi connectivity index (χ1v) is 9.58. The van der Waals surface area contributed by atoms with Crippen LogP contribution in [0.2, 0.25) is 5.02 Å². The fourth-order valence-electron chi connectivity index (χ4n) is 3.51. The van der Waals surface area contributed by atoms with Crippen molar-refractivity contribution >= 4 is 11.6 Å². The summed E-state index contributed by atoms with van der Waals surface area (Å²) in [6.07, 6.45) is 0.920. The highest BCUT2D eigenvalue weighted by atomic mass is 35.5. The third-order valence-electron chi connectivity index (χ3n) is 4.68. The SMILES string of the molecule is CCOc1cc2c(cc1OCC)C(c1ccc(OC)c(OC)c1Cl)NCC2.